The van der Waals surface area contributed by atoms with Gasteiger partial charge in [0.25, 0.3) is 0 Å². The number of hydrogen-bond acceptors (Lipinski definition) is 5. The van der Waals surface area contributed by atoms with Gasteiger partial charge in [0.15, 0.2) is 11.6 Å². The lowest BCUT2D eigenvalue weighted by molar-refractivity contribution is -0.115. The van der Waals surface area contributed by atoms with Gasteiger partial charge in [0, 0.05) is 5.39 Å². The number of carbonyl (C=O) groups excluding carboxylic acids is 2. The molecule has 30 heavy (non-hydrogen) atoms. The summed E-state index contributed by atoms with van der Waals surface area (Å²) in [4.78, 5) is 29.7. The molecule has 0 saturated heterocycles. The van der Waals surface area contributed by atoms with Crippen LogP contribution in [0.15, 0.2) is 72.9 Å². The largest absolute Gasteiger partial charge is 0.462 e. The fourth-order valence-electron chi connectivity index (χ4n) is 3.13. The number of ether oxygens (including phenoxy) is 1. The summed E-state index contributed by atoms with van der Waals surface area (Å²) >= 11 is 0. The van der Waals surface area contributed by atoms with E-state index in [1.165, 1.54) is 10.9 Å². The molecule has 1 amide bonds. The maximum absolute atomic E-state index is 12.7. The van der Waals surface area contributed by atoms with Crippen molar-refractivity contribution in [1.82, 2.24) is 14.8 Å². The number of carbonyl (C=O) groups is 2. The number of rotatable bonds is 6. The Bertz CT molecular complexity index is 1200. The zero-order chi connectivity index (χ0) is 20.9. The van der Waals surface area contributed by atoms with Gasteiger partial charge in [-0.2, -0.15) is 9.78 Å². The number of anilines is 1. The van der Waals surface area contributed by atoms with Crippen LogP contribution < -0.4 is 5.32 Å². The molecule has 4 rings (SSSR count). The molecule has 0 fully saturated rings. The van der Waals surface area contributed by atoms with Gasteiger partial charge >= 0.3 is 5.97 Å². The van der Waals surface area contributed by atoms with E-state index in [9.17, 15) is 9.59 Å². The van der Waals surface area contributed by atoms with E-state index in [2.05, 4.69) is 15.4 Å². The first-order valence-electron chi connectivity index (χ1n) is 9.61. The molecule has 0 aliphatic carbocycles. The first kappa shape index (κ1) is 19.3. The molecule has 0 unspecified atom stereocenters. The first-order chi connectivity index (χ1) is 14.7. The molecule has 2 aromatic heterocycles. The molecule has 7 heteroatoms. The zero-order valence-electron chi connectivity index (χ0n) is 16.4. The summed E-state index contributed by atoms with van der Waals surface area (Å²) in [5.41, 5.74) is 1.82. The molecule has 0 saturated carbocycles. The van der Waals surface area contributed by atoms with E-state index < -0.39 is 5.97 Å². The van der Waals surface area contributed by atoms with Gasteiger partial charge in [-0.15, -0.1) is 0 Å². The molecule has 0 aliphatic rings. The van der Waals surface area contributed by atoms with Crippen LogP contribution in [0.25, 0.3) is 16.7 Å². The second-order valence-electron chi connectivity index (χ2n) is 6.61. The van der Waals surface area contributed by atoms with Crippen molar-refractivity contribution in [2.24, 2.45) is 0 Å². The number of fused-ring (bicyclic) bond motifs is 1. The molecule has 7 nitrogen and oxygen atoms in total. The van der Waals surface area contributed by atoms with Crippen LogP contribution in [0.5, 0.6) is 0 Å². The van der Waals surface area contributed by atoms with Gasteiger partial charge in [-0.05, 0) is 30.7 Å². The van der Waals surface area contributed by atoms with Crippen molar-refractivity contribution >= 4 is 28.6 Å². The number of hydrogen-bond donors (Lipinski definition) is 1. The highest BCUT2D eigenvalue weighted by atomic mass is 16.5. The summed E-state index contributed by atoms with van der Waals surface area (Å²) in [5.74, 6) is -0.106. The van der Waals surface area contributed by atoms with Crippen LogP contribution >= 0.6 is 0 Å². The molecule has 0 aliphatic heterocycles. The average molecular weight is 400 g/mol. The lowest BCUT2D eigenvalue weighted by Crippen LogP contribution is -2.20. The van der Waals surface area contributed by atoms with Crippen molar-refractivity contribution in [3.05, 3.63) is 84.1 Å². The van der Waals surface area contributed by atoms with Crippen LogP contribution in [0, 0.1) is 0 Å². The van der Waals surface area contributed by atoms with Gasteiger partial charge in [0.2, 0.25) is 5.91 Å². The third-order valence-corrected chi connectivity index (χ3v) is 4.53. The molecular formula is C23H20N4O3. The summed E-state index contributed by atoms with van der Waals surface area (Å²) in [5, 5.41) is 8.09. The number of para-hydroxylation sites is 1. The van der Waals surface area contributed by atoms with Crippen molar-refractivity contribution in [1.29, 1.82) is 0 Å². The van der Waals surface area contributed by atoms with Crippen LogP contribution in [0.1, 0.15) is 22.8 Å². The second-order valence-corrected chi connectivity index (χ2v) is 6.61. The van der Waals surface area contributed by atoms with Gasteiger partial charge < -0.3 is 10.1 Å². The number of nitrogens with one attached hydrogen (secondary N) is 1. The predicted octanol–water partition coefficient (Wildman–Crippen LogP) is 3.78. The standard InChI is InChI=1S/C23H20N4O3/c1-2-30-23(29)18-15-24-27(20-13-12-17-10-6-7-11-19(17)25-20)22(18)26-21(28)14-16-8-4-3-5-9-16/h3-13,15H,2,14H2,1H3,(H,26,28). The molecule has 0 spiro atoms. The smallest absolute Gasteiger partial charge is 0.343 e. The van der Waals surface area contributed by atoms with Crippen molar-refractivity contribution < 1.29 is 14.3 Å². The van der Waals surface area contributed by atoms with Crippen LogP contribution in [0.4, 0.5) is 5.82 Å². The van der Waals surface area contributed by atoms with Crippen molar-refractivity contribution in [3.63, 3.8) is 0 Å². The summed E-state index contributed by atoms with van der Waals surface area (Å²) in [6.45, 7) is 1.94. The minimum Gasteiger partial charge on any atom is -0.462 e. The van der Waals surface area contributed by atoms with E-state index in [4.69, 9.17) is 4.74 Å². The van der Waals surface area contributed by atoms with Gasteiger partial charge in [-0.1, -0.05) is 48.5 Å². The van der Waals surface area contributed by atoms with E-state index in [1.54, 1.807) is 13.0 Å². The monoisotopic (exact) mass is 400 g/mol. The number of pyridine rings is 1. The number of nitrogens with zero attached hydrogens (tertiary/aromatic N) is 3. The minimum atomic E-state index is -0.556. The summed E-state index contributed by atoms with van der Waals surface area (Å²) < 4.78 is 6.57. The first-order valence-corrected chi connectivity index (χ1v) is 9.61. The topological polar surface area (TPSA) is 86.1 Å². The van der Waals surface area contributed by atoms with Crippen LogP contribution in [-0.2, 0) is 16.0 Å². The molecule has 2 aromatic carbocycles. The third-order valence-electron chi connectivity index (χ3n) is 4.53. The van der Waals surface area contributed by atoms with E-state index in [1.807, 2.05) is 60.7 Å². The van der Waals surface area contributed by atoms with Crippen LogP contribution in [0.3, 0.4) is 0 Å². The molecule has 0 bridgehead atoms. The van der Waals surface area contributed by atoms with Gasteiger partial charge in [-0.3, -0.25) is 4.79 Å². The highest BCUT2D eigenvalue weighted by Gasteiger charge is 2.22. The van der Waals surface area contributed by atoms with E-state index in [0.29, 0.717) is 5.82 Å². The Hall–Kier alpha value is -4.00. The van der Waals surface area contributed by atoms with Crippen LogP contribution in [0.2, 0.25) is 0 Å². The molecule has 0 atom stereocenters. The lowest BCUT2D eigenvalue weighted by atomic mass is 10.1. The Morgan fingerprint density at radius 2 is 1.77 bits per heavy atom. The minimum absolute atomic E-state index is 0.166. The Morgan fingerprint density at radius 3 is 2.57 bits per heavy atom. The zero-order valence-corrected chi connectivity index (χ0v) is 16.4. The van der Waals surface area contributed by atoms with Crippen molar-refractivity contribution in [2.75, 3.05) is 11.9 Å². The second kappa shape index (κ2) is 8.57. The fourth-order valence-corrected chi connectivity index (χ4v) is 3.13. The fraction of sp³-hybridized carbons (Fsp3) is 0.130. The highest BCUT2D eigenvalue weighted by Crippen LogP contribution is 2.22. The van der Waals surface area contributed by atoms with Gasteiger partial charge in [0.05, 0.1) is 24.7 Å². The van der Waals surface area contributed by atoms with Gasteiger partial charge in [-0.25, -0.2) is 9.78 Å². The summed E-state index contributed by atoms with van der Waals surface area (Å²) in [6, 6.07) is 20.8. The van der Waals surface area contributed by atoms with Crippen molar-refractivity contribution in [2.45, 2.75) is 13.3 Å². The number of amides is 1. The predicted molar refractivity (Wildman–Crippen MR) is 114 cm³/mol. The quantitative estimate of drug-likeness (QED) is 0.498. The molecule has 1 N–H and O–H groups in total. The Morgan fingerprint density at radius 1 is 1.00 bits per heavy atom. The van der Waals surface area contributed by atoms with Crippen molar-refractivity contribution in [3.8, 4) is 5.82 Å². The van der Waals surface area contributed by atoms with E-state index in [0.717, 1.165) is 16.5 Å². The Balaban J connectivity index is 1.71. The Kier molecular flexibility index (Phi) is 5.52. The number of esters is 1. The van der Waals surface area contributed by atoms with E-state index in [-0.39, 0.29) is 30.3 Å². The maximum atomic E-state index is 12.7. The summed E-state index contributed by atoms with van der Waals surface area (Å²) in [7, 11) is 0. The molecular weight excluding hydrogens is 380 g/mol. The van der Waals surface area contributed by atoms with E-state index >= 15 is 0 Å². The summed E-state index contributed by atoms with van der Waals surface area (Å²) in [6.07, 6.45) is 1.55. The molecule has 2 heterocycles. The molecule has 4 aromatic rings. The highest BCUT2D eigenvalue weighted by molar-refractivity contribution is 6.01. The number of benzene rings is 2. The Labute approximate surface area is 173 Å². The molecule has 0 radical (unpaired) electrons. The van der Waals surface area contributed by atoms with Gasteiger partial charge in [0.1, 0.15) is 5.56 Å². The SMILES string of the molecule is CCOC(=O)c1cnn(-c2ccc3ccccc3n2)c1NC(=O)Cc1ccccc1. The van der Waals surface area contributed by atoms with Crippen LogP contribution in [-0.4, -0.2) is 33.2 Å². The number of aromatic nitrogens is 3. The normalized spacial score (nSPS) is 10.7. The third kappa shape index (κ3) is 4.05. The lowest BCUT2D eigenvalue weighted by Gasteiger charge is -2.11. The average Bonchev–Trinajstić information content (AvgIpc) is 3.17. The maximum Gasteiger partial charge on any atom is 0.343 e. The molecule has 150 valence electrons.